The first-order valence-corrected chi connectivity index (χ1v) is 9.03. The zero-order valence-electron chi connectivity index (χ0n) is 14.5. The Hall–Kier alpha value is -2.58. The lowest BCUT2D eigenvalue weighted by Gasteiger charge is -2.16. The van der Waals surface area contributed by atoms with E-state index in [1.54, 1.807) is 29.2 Å². The summed E-state index contributed by atoms with van der Waals surface area (Å²) >= 11 is 11.5. The van der Waals surface area contributed by atoms with Gasteiger partial charge in [-0.3, -0.25) is 5.10 Å². The number of benzene rings is 2. The lowest BCUT2D eigenvalue weighted by Crippen LogP contribution is -2.13. The summed E-state index contributed by atoms with van der Waals surface area (Å²) in [6, 6.07) is 9.75. The van der Waals surface area contributed by atoms with Crippen molar-refractivity contribution >= 4 is 23.8 Å². The van der Waals surface area contributed by atoms with Crippen molar-refractivity contribution in [3.8, 4) is 11.5 Å². The summed E-state index contributed by atoms with van der Waals surface area (Å²) in [5, 5.41) is 6.94. The van der Waals surface area contributed by atoms with Gasteiger partial charge in [0.05, 0.1) is 18.2 Å². The third-order valence-corrected chi connectivity index (χ3v) is 4.24. The molecule has 0 fully saturated rings. The van der Waals surface area contributed by atoms with Crippen molar-refractivity contribution in [2.45, 2.75) is 20.1 Å². The van der Waals surface area contributed by atoms with E-state index in [1.807, 2.05) is 13.0 Å². The predicted octanol–water partition coefficient (Wildman–Crippen LogP) is 4.45. The second-order valence-electron chi connectivity index (χ2n) is 5.62. The van der Waals surface area contributed by atoms with Gasteiger partial charge in [0, 0.05) is 0 Å². The van der Waals surface area contributed by atoms with Gasteiger partial charge in [0.15, 0.2) is 11.5 Å². The maximum Gasteiger partial charge on any atom is 0.214 e. The highest BCUT2D eigenvalue weighted by atomic mass is 35.5. The van der Waals surface area contributed by atoms with Crippen LogP contribution in [0, 0.1) is 10.6 Å². The third kappa shape index (κ3) is 4.99. The van der Waals surface area contributed by atoms with E-state index in [-0.39, 0.29) is 12.4 Å². The van der Waals surface area contributed by atoms with E-state index in [0.717, 1.165) is 11.1 Å². The summed E-state index contributed by atoms with van der Waals surface area (Å²) < 4.78 is 26.6. The topological polar surface area (TPSA) is 64.1 Å². The molecule has 1 heterocycles. The molecule has 0 spiro atoms. The number of halogens is 2. The predicted molar refractivity (Wildman–Crippen MR) is 104 cm³/mol. The first-order valence-electron chi connectivity index (χ1n) is 8.25. The Morgan fingerprint density at radius 1 is 1.22 bits per heavy atom. The molecule has 3 aromatic rings. The third-order valence-electron chi connectivity index (χ3n) is 3.67. The largest absolute Gasteiger partial charge is 0.490 e. The lowest BCUT2D eigenvalue weighted by molar-refractivity contribution is 0.269. The monoisotopic (exact) mass is 408 g/mol. The maximum absolute atomic E-state index is 13.0. The van der Waals surface area contributed by atoms with Crippen LogP contribution in [-0.4, -0.2) is 21.5 Å². The fourth-order valence-electron chi connectivity index (χ4n) is 2.40. The second-order valence-corrected chi connectivity index (χ2v) is 6.41. The van der Waals surface area contributed by atoms with E-state index < -0.39 is 0 Å². The van der Waals surface area contributed by atoms with Gasteiger partial charge >= 0.3 is 0 Å². The SMILES string of the molecule is CCOc1cc(CNn2cn[nH]c2=S)cc(Cl)c1OCc1ccc(F)cc1. The van der Waals surface area contributed by atoms with Crippen molar-refractivity contribution in [3.05, 3.63) is 69.5 Å². The van der Waals surface area contributed by atoms with Gasteiger partial charge in [-0.05, 0) is 54.5 Å². The molecule has 0 saturated heterocycles. The van der Waals surface area contributed by atoms with Crippen molar-refractivity contribution in [3.63, 3.8) is 0 Å². The molecular weight excluding hydrogens is 391 g/mol. The van der Waals surface area contributed by atoms with Crippen LogP contribution in [0.25, 0.3) is 0 Å². The van der Waals surface area contributed by atoms with E-state index in [9.17, 15) is 4.39 Å². The van der Waals surface area contributed by atoms with Crippen LogP contribution in [0.3, 0.4) is 0 Å². The first kappa shape index (κ1) is 19.2. The summed E-state index contributed by atoms with van der Waals surface area (Å²) in [6.45, 7) is 3.06. The van der Waals surface area contributed by atoms with Crippen LogP contribution in [0.15, 0.2) is 42.7 Å². The molecule has 2 N–H and O–H groups in total. The summed E-state index contributed by atoms with van der Waals surface area (Å²) in [5.74, 6) is 0.701. The minimum absolute atomic E-state index is 0.252. The molecule has 9 heteroatoms. The standard InChI is InChI=1S/C18H18ClFN4O2S/c1-2-25-16-8-13(9-22-24-11-21-23-18(24)27)7-15(19)17(16)26-10-12-3-5-14(20)6-4-12/h3-8,11,22H,2,9-10H2,1H3,(H,23,27). The minimum Gasteiger partial charge on any atom is -0.490 e. The smallest absolute Gasteiger partial charge is 0.214 e. The number of hydrogen-bond donors (Lipinski definition) is 2. The van der Waals surface area contributed by atoms with Crippen LogP contribution >= 0.6 is 23.8 Å². The number of rotatable bonds is 8. The molecular formula is C18H18ClFN4O2S. The van der Waals surface area contributed by atoms with E-state index in [4.69, 9.17) is 33.3 Å². The van der Waals surface area contributed by atoms with Gasteiger partial charge in [-0.15, -0.1) is 0 Å². The maximum atomic E-state index is 13.0. The number of nitrogens with zero attached hydrogens (tertiary/aromatic N) is 2. The van der Waals surface area contributed by atoms with E-state index in [1.165, 1.54) is 12.1 Å². The number of aromatic amines is 1. The minimum atomic E-state index is -0.290. The molecule has 27 heavy (non-hydrogen) atoms. The van der Waals surface area contributed by atoms with Crippen LogP contribution in [0.5, 0.6) is 11.5 Å². The molecule has 0 amide bonds. The second kappa shape index (κ2) is 8.88. The Bertz CT molecular complexity index is 959. The molecule has 0 aliphatic heterocycles. The zero-order valence-corrected chi connectivity index (χ0v) is 16.1. The van der Waals surface area contributed by atoms with Crippen molar-refractivity contribution in [1.29, 1.82) is 0 Å². The summed E-state index contributed by atoms with van der Waals surface area (Å²) in [6.07, 6.45) is 1.55. The molecule has 0 radical (unpaired) electrons. The number of nitrogens with one attached hydrogen (secondary N) is 2. The number of ether oxygens (including phenoxy) is 2. The normalized spacial score (nSPS) is 10.6. The van der Waals surface area contributed by atoms with Crippen molar-refractivity contribution < 1.29 is 13.9 Å². The Balaban J connectivity index is 1.75. The van der Waals surface area contributed by atoms with Gasteiger partial charge in [-0.1, -0.05) is 23.7 Å². The summed E-state index contributed by atoms with van der Waals surface area (Å²) in [5.41, 5.74) is 4.83. The van der Waals surface area contributed by atoms with Gasteiger partial charge in [0.2, 0.25) is 4.77 Å². The number of H-pyrrole nitrogens is 1. The fraction of sp³-hybridized carbons (Fsp3) is 0.222. The van der Waals surface area contributed by atoms with Crippen LogP contribution in [-0.2, 0) is 13.2 Å². The van der Waals surface area contributed by atoms with Crippen molar-refractivity contribution in [1.82, 2.24) is 14.9 Å². The van der Waals surface area contributed by atoms with E-state index >= 15 is 0 Å². The van der Waals surface area contributed by atoms with Gasteiger partial charge < -0.3 is 14.9 Å². The number of aromatic nitrogens is 3. The molecule has 6 nitrogen and oxygen atoms in total. The summed E-state index contributed by atoms with van der Waals surface area (Å²) in [7, 11) is 0. The fourth-order valence-corrected chi connectivity index (χ4v) is 2.85. The van der Waals surface area contributed by atoms with Gasteiger partial charge in [0.25, 0.3) is 0 Å². The van der Waals surface area contributed by atoms with Crippen molar-refractivity contribution in [2.75, 3.05) is 12.0 Å². The lowest BCUT2D eigenvalue weighted by atomic mass is 10.2. The molecule has 0 unspecified atom stereocenters. The average Bonchev–Trinajstić information content (AvgIpc) is 3.06. The Labute approximate surface area is 165 Å². The van der Waals surface area contributed by atoms with Crippen molar-refractivity contribution in [2.24, 2.45) is 0 Å². The first-order chi connectivity index (χ1) is 13.1. The van der Waals surface area contributed by atoms with E-state index in [2.05, 4.69) is 15.6 Å². The van der Waals surface area contributed by atoms with Gasteiger partial charge in [-0.2, -0.15) is 5.10 Å². The Kier molecular flexibility index (Phi) is 6.31. The number of hydrogen-bond acceptors (Lipinski definition) is 5. The molecule has 142 valence electrons. The molecule has 1 aromatic heterocycles. The highest BCUT2D eigenvalue weighted by Gasteiger charge is 2.13. The molecule has 0 aliphatic rings. The molecule has 0 atom stereocenters. The van der Waals surface area contributed by atoms with Crippen LogP contribution < -0.4 is 14.9 Å². The summed E-state index contributed by atoms with van der Waals surface area (Å²) in [4.78, 5) is 0. The molecule has 2 aromatic carbocycles. The van der Waals surface area contributed by atoms with Gasteiger partial charge in [0.1, 0.15) is 18.8 Å². The molecule has 0 bridgehead atoms. The van der Waals surface area contributed by atoms with Crippen LogP contribution in [0.1, 0.15) is 18.1 Å². The van der Waals surface area contributed by atoms with Crippen LogP contribution in [0.2, 0.25) is 5.02 Å². The highest BCUT2D eigenvalue weighted by Crippen LogP contribution is 2.37. The van der Waals surface area contributed by atoms with E-state index in [0.29, 0.717) is 34.4 Å². The van der Waals surface area contributed by atoms with Gasteiger partial charge in [-0.25, -0.2) is 9.07 Å². The Morgan fingerprint density at radius 2 is 2.00 bits per heavy atom. The Morgan fingerprint density at radius 3 is 2.67 bits per heavy atom. The molecule has 0 saturated carbocycles. The zero-order chi connectivity index (χ0) is 19.2. The average molecular weight is 409 g/mol. The quantitative estimate of drug-likeness (QED) is 0.539. The van der Waals surface area contributed by atoms with Crippen LogP contribution in [0.4, 0.5) is 4.39 Å². The molecule has 3 rings (SSSR count). The molecule has 0 aliphatic carbocycles. The highest BCUT2D eigenvalue weighted by molar-refractivity contribution is 7.71.